The molecule has 5 rings (SSSR count). The number of rotatable bonds is 5. The second-order valence-corrected chi connectivity index (χ2v) is 13.4. The van der Waals surface area contributed by atoms with Gasteiger partial charge in [0.25, 0.3) is 10.0 Å². The number of nitriles is 1. The number of nitrogens with zero attached hydrogens (tertiary/aromatic N) is 5. The number of imidazole rings is 1. The van der Waals surface area contributed by atoms with Crippen molar-refractivity contribution >= 4 is 59.8 Å². The van der Waals surface area contributed by atoms with Crippen LogP contribution in [0.4, 0.5) is 5.82 Å². The summed E-state index contributed by atoms with van der Waals surface area (Å²) in [6, 6.07) is 13.6. The second kappa shape index (κ2) is 9.06. The maximum atomic E-state index is 13.2. The number of pyridine rings is 1. The Balaban J connectivity index is 1.62. The van der Waals surface area contributed by atoms with E-state index in [2.05, 4.69) is 37.9 Å². The number of fused-ring (bicyclic) bond motifs is 3. The molecule has 10 heteroatoms. The molecule has 4 heterocycles. The number of para-hydroxylation sites is 2. The Bertz CT molecular complexity index is 1620. The molecule has 4 aromatic rings. The minimum Gasteiger partial charge on any atom is -0.355 e. The third-order valence-electron chi connectivity index (χ3n) is 6.37. The molecule has 7 nitrogen and oxygen atoms in total. The van der Waals surface area contributed by atoms with Crippen LogP contribution in [0.15, 0.2) is 56.5 Å². The van der Waals surface area contributed by atoms with E-state index in [-0.39, 0.29) is 0 Å². The maximum absolute atomic E-state index is 13.2. The zero-order valence-corrected chi connectivity index (χ0v) is 22.7. The minimum atomic E-state index is -3.54. The van der Waals surface area contributed by atoms with Crippen LogP contribution in [0.1, 0.15) is 23.6 Å². The van der Waals surface area contributed by atoms with Gasteiger partial charge in [-0.2, -0.15) is 9.57 Å². The van der Waals surface area contributed by atoms with E-state index < -0.39 is 10.0 Å². The monoisotopic (exact) mass is 569 g/mol. The van der Waals surface area contributed by atoms with Gasteiger partial charge in [0.05, 0.1) is 20.4 Å². The van der Waals surface area contributed by atoms with Crippen LogP contribution in [0.25, 0.3) is 16.7 Å². The summed E-state index contributed by atoms with van der Waals surface area (Å²) in [7, 11) is -3.54. The van der Waals surface area contributed by atoms with Crippen LogP contribution in [0, 0.1) is 18.3 Å². The maximum Gasteiger partial charge on any atom is 0.252 e. The Kier molecular flexibility index (Phi) is 6.21. The van der Waals surface area contributed by atoms with Crippen LogP contribution in [0.2, 0.25) is 0 Å². The smallest absolute Gasteiger partial charge is 0.252 e. The van der Waals surface area contributed by atoms with E-state index in [9.17, 15) is 13.7 Å². The molecule has 0 bridgehead atoms. The molecule has 0 unspecified atom stereocenters. The van der Waals surface area contributed by atoms with Crippen molar-refractivity contribution < 1.29 is 8.42 Å². The summed E-state index contributed by atoms with van der Waals surface area (Å²) in [4.78, 5) is 7.03. The van der Waals surface area contributed by atoms with Crippen LogP contribution in [0.5, 0.6) is 0 Å². The SMILES string of the molecule is C=C(C)Cc1c(C)c(C#N)c2nc3ccccc3n2c1N1CCN(S(=O)(=O)c2ccc(Br)s2)CC1. The average molecular weight is 571 g/mol. The van der Waals surface area contributed by atoms with Gasteiger partial charge in [0.15, 0.2) is 5.65 Å². The fourth-order valence-electron chi connectivity index (χ4n) is 4.71. The quantitative estimate of drug-likeness (QED) is 0.311. The Morgan fingerprint density at radius 2 is 1.91 bits per heavy atom. The molecule has 35 heavy (non-hydrogen) atoms. The van der Waals surface area contributed by atoms with Gasteiger partial charge < -0.3 is 4.90 Å². The Morgan fingerprint density at radius 1 is 1.20 bits per heavy atom. The lowest BCUT2D eigenvalue weighted by Gasteiger charge is -2.37. The standard InChI is InChI=1S/C25H24BrN5O2S2/c1-16(2)14-18-17(3)19(15-27)24-28-20-6-4-5-7-21(20)31(24)25(18)29-10-12-30(13-11-29)35(32,33)23-9-8-22(26)34-23/h4-9H,1,10-14H2,2-3H3. The van der Waals surface area contributed by atoms with Crippen molar-refractivity contribution in [2.75, 3.05) is 31.1 Å². The number of piperazine rings is 1. The zero-order chi connectivity index (χ0) is 24.9. The van der Waals surface area contributed by atoms with Crippen LogP contribution < -0.4 is 4.90 Å². The Hall–Kier alpha value is -2.71. The molecule has 0 spiro atoms. The van der Waals surface area contributed by atoms with E-state index in [0.29, 0.717) is 48.0 Å². The number of hydrogen-bond acceptors (Lipinski definition) is 6. The summed E-state index contributed by atoms with van der Waals surface area (Å²) in [5.41, 5.74) is 5.86. The van der Waals surface area contributed by atoms with Crippen molar-refractivity contribution in [3.05, 3.63) is 69.0 Å². The lowest BCUT2D eigenvalue weighted by atomic mass is 9.98. The molecule has 180 valence electrons. The van der Waals surface area contributed by atoms with Gasteiger partial charge in [-0.1, -0.05) is 24.3 Å². The van der Waals surface area contributed by atoms with Gasteiger partial charge in [-0.05, 0) is 66.0 Å². The predicted molar refractivity (Wildman–Crippen MR) is 144 cm³/mol. The van der Waals surface area contributed by atoms with Gasteiger partial charge in [0.2, 0.25) is 0 Å². The van der Waals surface area contributed by atoms with E-state index >= 15 is 0 Å². The first-order valence-corrected chi connectivity index (χ1v) is 14.2. The van der Waals surface area contributed by atoms with E-state index in [1.54, 1.807) is 16.4 Å². The number of hydrogen-bond donors (Lipinski definition) is 0. The summed E-state index contributed by atoms with van der Waals surface area (Å²) in [6.07, 6.45) is 0.625. The first kappa shape index (κ1) is 24.0. The number of benzene rings is 1. The number of thiophene rings is 1. The number of sulfonamides is 1. The van der Waals surface area contributed by atoms with E-state index in [1.165, 1.54) is 11.3 Å². The lowest BCUT2D eigenvalue weighted by Crippen LogP contribution is -2.49. The largest absolute Gasteiger partial charge is 0.355 e. The van der Waals surface area contributed by atoms with Gasteiger partial charge in [-0.25, -0.2) is 13.4 Å². The first-order valence-electron chi connectivity index (χ1n) is 11.2. The van der Waals surface area contributed by atoms with Crippen molar-refractivity contribution in [3.63, 3.8) is 0 Å². The molecule has 0 atom stereocenters. The van der Waals surface area contributed by atoms with Gasteiger partial charge >= 0.3 is 0 Å². The number of halogens is 1. The summed E-state index contributed by atoms with van der Waals surface area (Å²) >= 11 is 4.59. The molecule has 1 aromatic carbocycles. The van der Waals surface area contributed by atoms with Gasteiger partial charge in [-0.15, -0.1) is 11.3 Å². The number of allylic oxidation sites excluding steroid dienone is 1. The van der Waals surface area contributed by atoms with Crippen molar-refractivity contribution in [1.29, 1.82) is 5.26 Å². The fraction of sp³-hybridized carbons (Fsp3) is 0.280. The van der Waals surface area contributed by atoms with Crippen molar-refractivity contribution in [2.24, 2.45) is 0 Å². The molecule has 0 aliphatic carbocycles. The third kappa shape index (κ3) is 4.06. The highest BCUT2D eigenvalue weighted by molar-refractivity contribution is 9.11. The third-order valence-corrected chi connectivity index (χ3v) is 10.4. The van der Waals surface area contributed by atoms with Crippen LogP contribution >= 0.6 is 27.3 Å². The van der Waals surface area contributed by atoms with E-state index in [0.717, 1.165) is 37.3 Å². The average Bonchev–Trinajstić information content (AvgIpc) is 3.44. The minimum absolute atomic E-state index is 0.345. The molecule has 0 amide bonds. The zero-order valence-electron chi connectivity index (χ0n) is 19.5. The van der Waals surface area contributed by atoms with Crippen LogP contribution in [-0.2, 0) is 16.4 Å². The topological polar surface area (TPSA) is 81.7 Å². The predicted octanol–water partition coefficient (Wildman–Crippen LogP) is 5.12. The highest BCUT2D eigenvalue weighted by Crippen LogP contribution is 2.36. The summed E-state index contributed by atoms with van der Waals surface area (Å²) < 4.78 is 31.1. The highest BCUT2D eigenvalue weighted by Gasteiger charge is 2.32. The van der Waals surface area contributed by atoms with Crippen LogP contribution in [0.3, 0.4) is 0 Å². The molecule has 0 saturated carbocycles. The molecular formula is C25H24BrN5O2S2. The Labute approximate surface area is 217 Å². The second-order valence-electron chi connectivity index (χ2n) is 8.76. The Morgan fingerprint density at radius 3 is 2.54 bits per heavy atom. The first-order chi connectivity index (χ1) is 16.7. The van der Waals surface area contributed by atoms with E-state index in [1.807, 2.05) is 38.1 Å². The fourth-order valence-corrected chi connectivity index (χ4v) is 8.30. The molecule has 1 saturated heterocycles. The summed E-state index contributed by atoms with van der Waals surface area (Å²) in [5.74, 6) is 0.962. The summed E-state index contributed by atoms with van der Waals surface area (Å²) in [5, 5.41) is 10.0. The van der Waals surface area contributed by atoms with Gasteiger partial charge in [-0.3, -0.25) is 4.40 Å². The van der Waals surface area contributed by atoms with Gasteiger partial charge in [0.1, 0.15) is 16.1 Å². The van der Waals surface area contributed by atoms with Gasteiger partial charge in [0, 0.05) is 31.7 Å². The molecule has 1 aliphatic heterocycles. The molecular weight excluding hydrogens is 546 g/mol. The van der Waals surface area contributed by atoms with Crippen LogP contribution in [-0.4, -0.2) is 48.3 Å². The van der Waals surface area contributed by atoms with Crippen molar-refractivity contribution in [3.8, 4) is 6.07 Å². The van der Waals surface area contributed by atoms with Crippen molar-refractivity contribution in [1.82, 2.24) is 13.7 Å². The number of anilines is 1. The lowest BCUT2D eigenvalue weighted by molar-refractivity contribution is 0.384. The van der Waals surface area contributed by atoms with Crippen molar-refractivity contribution in [2.45, 2.75) is 24.5 Å². The molecule has 3 aromatic heterocycles. The molecule has 1 fully saturated rings. The molecule has 0 radical (unpaired) electrons. The number of aromatic nitrogens is 2. The molecule has 1 aliphatic rings. The normalized spacial score (nSPS) is 15.1. The van der Waals surface area contributed by atoms with E-state index in [4.69, 9.17) is 4.98 Å². The summed E-state index contributed by atoms with van der Waals surface area (Å²) in [6.45, 7) is 9.88. The highest BCUT2D eigenvalue weighted by atomic mass is 79.9. The molecule has 0 N–H and O–H groups in total.